The van der Waals surface area contributed by atoms with Crippen molar-refractivity contribution in [1.82, 2.24) is 9.97 Å². The van der Waals surface area contributed by atoms with Gasteiger partial charge in [0.1, 0.15) is 0 Å². The molecule has 0 aliphatic rings. The summed E-state index contributed by atoms with van der Waals surface area (Å²) in [6, 6.07) is 7.09. The van der Waals surface area contributed by atoms with Gasteiger partial charge in [-0.25, -0.2) is 31.5 Å². The number of hydrogen-bond donors (Lipinski definition) is 2. The molecule has 0 bridgehead atoms. The Morgan fingerprint density at radius 2 is 1.46 bits per heavy atom. The van der Waals surface area contributed by atoms with Crippen LogP contribution in [0, 0.1) is 13.8 Å². The van der Waals surface area contributed by atoms with E-state index < -0.39 is 20.0 Å². The Kier molecular flexibility index (Phi) is 5.09. The second-order valence-electron chi connectivity index (χ2n) is 5.11. The standard InChI is InChI=1S/C14H18N4O4S2/c1-4-23(19,20)17-12-5-7-13(8-6-12)24(21,22)18-14-15-10(2)9-11(3)16-14/h5-9,17H,4H2,1-3H3,(H,15,16,18). The minimum absolute atomic E-state index is 0.0109. The van der Waals surface area contributed by atoms with Gasteiger partial charge in [0.25, 0.3) is 10.0 Å². The van der Waals surface area contributed by atoms with Gasteiger partial charge in [0, 0.05) is 17.1 Å². The molecule has 2 rings (SSSR count). The second kappa shape index (κ2) is 6.73. The summed E-state index contributed by atoms with van der Waals surface area (Å²) in [6.45, 7) is 4.98. The van der Waals surface area contributed by atoms with E-state index in [2.05, 4.69) is 19.4 Å². The highest BCUT2D eigenvalue weighted by molar-refractivity contribution is 7.93. The monoisotopic (exact) mass is 370 g/mol. The number of nitrogens with one attached hydrogen (secondary N) is 2. The highest BCUT2D eigenvalue weighted by atomic mass is 32.2. The zero-order valence-corrected chi connectivity index (χ0v) is 15.1. The summed E-state index contributed by atoms with van der Waals surface area (Å²) in [5, 5.41) is 0. The number of anilines is 2. The highest BCUT2D eigenvalue weighted by Gasteiger charge is 2.16. The van der Waals surface area contributed by atoms with Crippen LogP contribution in [0.2, 0.25) is 0 Å². The summed E-state index contributed by atoms with van der Waals surface area (Å²) in [5.41, 5.74) is 1.58. The van der Waals surface area contributed by atoms with Crippen molar-refractivity contribution < 1.29 is 16.8 Å². The molecule has 8 nitrogen and oxygen atoms in total. The lowest BCUT2D eigenvalue weighted by atomic mass is 10.3. The van der Waals surface area contributed by atoms with E-state index in [1.165, 1.54) is 31.2 Å². The fourth-order valence-electron chi connectivity index (χ4n) is 1.90. The molecular formula is C14H18N4O4S2. The average molecular weight is 370 g/mol. The van der Waals surface area contributed by atoms with Crippen molar-refractivity contribution in [2.45, 2.75) is 25.7 Å². The van der Waals surface area contributed by atoms with E-state index in [1.807, 2.05) is 0 Å². The Balaban J connectivity index is 2.23. The number of aromatic nitrogens is 2. The Morgan fingerprint density at radius 3 is 1.96 bits per heavy atom. The van der Waals surface area contributed by atoms with Gasteiger partial charge in [-0.3, -0.25) is 4.72 Å². The Hall–Kier alpha value is -2.20. The van der Waals surface area contributed by atoms with Gasteiger partial charge < -0.3 is 0 Å². The van der Waals surface area contributed by atoms with Gasteiger partial charge in [-0.05, 0) is 51.1 Å². The van der Waals surface area contributed by atoms with Crippen LogP contribution in [-0.4, -0.2) is 32.6 Å². The lowest BCUT2D eigenvalue weighted by molar-refractivity contribution is 0.600. The Labute approximate surface area is 141 Å². The molecule has 24 heavy (non-hydrogen) atoms. The van der Waals surface area contributed by atoms with Gasteiger partial charge in [-0.15, -0.1) is 0 Å². The highest BCUT2D eigenvalue weighted by Crippen LogP contribution is 2.17. The number of sulfonamides is 2. The van der Waals surface area contributed by atoms with Crippen molar-refractivity contribution in [3.05, 3.63) is 41.7 Å². The summed E-state index contributed by atoms with van der Waals surface area (Å²) in [7, 11) is -7.28. The van der Waals surface area contributed by atoms with Crippen LogP contribution in [0.4, 0.5) is 11.6 Å². The first-order chi connectivity index (χ1) is 11.1. The van der Waals surface area contributed by atoms with E-state index in [0.717, 1.165) is 0 Å². The van der Waals surface area contributed by atoms with Gasteiger partial charge in [-0.2, -0.15) is 0 Å². The van der Waals surface area contributed by atoms with Crippen molar-refractivity contribution in [2.24, 2.45) is 0 Å². The third-order valence-corrected chi connectivity index (χ3v) is 5.68. The molecule has 10 heteroatoms. The first-order valence-electron chi connectivity index (χ1n) is 7.07. The Morgan fingerprint density at radius 1 is 0.917 bits per heavy atom. The molecule has 1 aromatic carbocycles. The van der Waals surface area contributed by atoms with Crippen LogP contribution >= 0.6 is 0 Å². The van der Waals surface area contributed by atoms with E-state index in [-0.39, 0.29) is 16.6 Å². The summed E-state index contributed by atoms with van der Waals surface area (Å²) in [6.07, 6.45) is 0. The first-order valence-corrected chi connectivity index (χ1v) is 10.2. The number of hydrogen-bond acceptors (Lipinski definition) is 6. The molecule has 0 saturated carbocycles. The van der Waals surface area contributed by atoms with Crippen LogP contribution in [0.25, 0.3) is 0 Å². The molecule has 0 atom stereocenters. The van der Waals surface area contributed by atoms with E-state index in [9.17, 15) is 16.8 Å². The average Bonchev–Trinajstić information content (AvgIpc) is 2.45. The smallest absolute Gasteiger partial charge is 0.264 e. The lowest BCUT2D eigenvalue weighted by Gasteiger charge is -2.09. The molecular weight excluding hydrogens is 352 g/mol. The van der Waals surface area contributed by atoms with Gasteiger partial charge >= 0.3 is 0 Å². The zero-order chi connectivity index (χ0) is 18.0. The molecule has 1 aromatic heterocycles. The molecule has 2 aromatic rings. The molecule has 0 unspecified atom stereocenters. The van der Waals surface area contributed by atoms with E-state index >= 15 is 0 Å². The zero-order valence-electron chi connectivity index (χ0n) is 13.4. The molecule has 0 amide bonds. The van der Waals surface area contributed by atoms with E-state index in [4.69, 9.17) is 0 Å². The molecule has 0 aliphatic carbocycles. The minimum Gasteiger partial charge on any atom is -0.284 e. The quantitative estimate of drug-likeness (QED) is 0.798. The number of benzene rings is 1. The van der Waals surface area contributed by atoms with Crippen molar-refractivity contribution in [3.63, 3.8) is 0 Å². The fourth-order valence-corrected chi connectivity index (χ4v) is 3.49. The molecule has 2 N–H and O–H groups in total. The molecule has 1 heterocycles. The number of rotatable bonds is 6. The number of nitrogens with zero attached hydrogens (tertiary/aromatic N) is 2. The second-order valence-corrected chi connectivity index (χ2v) is 8.80. The van der Waals surface area contributed by atoms with Crippen LogP contribution in [0.5, 0.6) is 0 Å². The summed E-state index contributed by atoms with van der Waals surface area (Å²) < 4.78 is 52.3. The Bertz CT molecular complexity index is 919. The molecule has 130 valence electrons. The van der Waals surface area contributed by atoms with Crippen molar-refractivity contribution >= 4 is 31.7 Å². The topological polar surface area (TPSA) is 118 Å². The van der Waals surface area contributed by atoms with Crippen molar-refractivity contribution in [3.8, 4) is 0 Å². The number of aryl methyl sites for hydroxylation is 2. The van der Waals surface area contributed by atoms with E-state index in [1.54, 1.807) is 19.9 Å². The van der Waals surface area contributed by atoms with Crippen LogP contribution in [0.1, 0.15) is 18.3 Å². The normalized spacial score (nSPS) is 12.0. The third kappa shape index (κ3) is 4.65. The molecule has 0 aliphatic heterocycles. The van der Waals surface area contributed by atoms with Crippen LogP contribution in [0.15, 0.2) is 35.2 Å². The van der Waals surface area contributed by atoms with Gasteiger partial charge in [-0.1, -0.05) is 0 Å². The minimum atomic E-state index is -3.87. The fraction of sp³-hybridized carbons (Fsp3) is 0.286. The maximum absolute atomic E-state index is 12.3. The van der Waals surface area contributed by atoms with Gasteiger partial charge in [0.15, 0.2) is 0 Å². The maximum Gasteiger partial charge on any atom is 0.264 e. The lowest BCUT2D eigenvalue weighted by Crippen LogP contribution is -2.16. The van der Waals surface area contributed by atoms with Crippen molar-refractivity contribution in [1.29, 1.82) is 0 Å². The first kappa shape index (κ1) is 18.1. The summed E-state index contributed by atoms with van der Waals surface area (Å²) in [5.74, 6) is -0.0816. The summed E-state index contributed by atoms with van der Waals surface area (Å²) in [4.78, 5) is 8.03. The predicted molar refractivity (Wildman–Crippen MR) is 91.8 cm³/mol. The molecule has 0 fully saturated rings. The largest absolute Gasteiger partial charge is 0.284 e. The van der Waals surface area contributed by atoms with Crippen molar-refractivity contribution in [2.75, 3.05) is 15.2 Å². The van der Waals surface area contributed by atoms with Crippen LogP contribution < -0.4 is 9.44 Å². The summed E-state index contributed by atoms with van der Waals surface area (Å²) >= 11 is 0. The molecule has 0 saturated heterocycles. The third-order valence-electron chi connectivity index (χ3n) is 3.03. The molecule has 0 radical (unpaired) electrons. The molecule has 0 spiro atoms. The van der Waals surface area contributed by atoms with Gasteiger partial charge in [0.05, 0.1) is 10.6 Å². The maximum atomic E-state index is 12.3. The van der Waals surface area contributed by atoms with Crippen LogP contribution in [0.3, 0.4) is 0 Å². The van der Waals surface area contributed by atoms with E-state index in [0.29, 0.717) is 17.1 Å². The van der Waals surface area contributed by atoms with Crippen LogP contribution in [-0.2, 0) is 20.0 Å². The predicted octanol–water partition coefficient (Wildman–Crippen LogP) is 1.66. The van der Waals surface area contributed by atoms with Gasteiger partial charge in [0.2, 0.25) is 16.0 Å². The SMILES string of the molecule is CCS(=O)(=O)Nc1ccc(S(=O)(=O)Nc2nc(C)cc(C)n2)cc1.